The molecule has 0 saturated carbocycles. The molecule has 80 valence electrons. The Morgan fingerprint density at radius 1 is 1.64 bits per heavy atom. The summed E-state index contributed by atoms with van der Waals surface area (Å²) in [7, 11) is 1.43. The first-order valence-electron chi connectivity index (χ1n) is 4.39. The predicted octanol–water partition coefficient (Wildman–Crippen LogP) is -2.31. The van der Waals surface area contributed by atoms with Crippen LogP contribution in [0.25, 0.3) is 0 Å². The average Bonchev–Trinajstić information content (AvgIpc) is 2.42. The summed E-state index contributed by atoms with van der Waals surface area (Å²) < 4.78 is 0. The third kappa shape index (κ3) is 2.28. The molecule has 1 aliphatic heterocycles. The van der Waals surface area contributed by atoms with Crippen molar-refractivity contribution in [2.24, 2.45) is 0 Å². The van der Waals surface area contributed by atoms with E-state index < -0.39 is 12.1 Å². The number of hydrogen-bond acceptors (Lipinski definition) is 5. The Morgan fingerprint density at radius 3 is 2.71 bits per heavy atom. The van der Waals surface area contributed by atoms with Crippen molar-refractivity contribution in [1.29, 1.82) is 0 Å². The molecule has 2 atom stereocenters. The van der Waals surface area contributed by atoms with Crippen LogP contribution in [0, 0.1) is 0 Å². The van der Waals surface area contributed by atoms with Crippen molar-refractivity contribution in [1.82, 2.24) is 10.2 Å². The van der Waals surface area contributed by atoms with Gasteiger partial charge in [-0.15, -0.1) is 0 Å². The topological polar surface area (TPSA) is 89.9 Å². The lowest BCUT2D eigenvalue weighted by Crippen LogP contribution is -2.41. The highest BCUT2D eigenvalue weighted by Crippen LogP contribution is 2.09. The van der Waals surface area contributed by atoms with Gasteiger partial charge in [0.15, 0.2) is 0 Å². The lowest BCUT2D eigenvalue weighted by Gasteiger charge is -2.13. The molecule has 0 bridgehead atoms. The number of imide groups is 1. The minimum absolute atomic E-state index is 0.105. The molecule has 1 saturated heterocycles. The Morgan fingerprint density at radius 2 is 2.29 bits per heavy atom. The number of likely N-dealkylation sites (N-methyl/N-ethyl adjacent to an activating group) is 1. The average molecular weight is 202 g/mol. The molecule has 0 aromatic heterocycles. The zero-order valence-electron chi connectivity index (χ0n) is 7.93. The van der Waals surface area contributed by atoms with Gasteiger partial charge in [-0.1, -0.05) is 0 Å². The Balaban J connectivity index is 2.40. The third-order valence-electron chi connectivity index (χ3n) is 2.19. The van der Waals surface area contributed by atoms with Crippen molar-refractivity contribution in [3.8, 4) is 0 Å². The van der Waals surface area contributed by atoms with Gasteiger partial charge in [-0.05, 0) is 0 Å². The van der Waals surface area contributed by atoms with Crippen molar-refractivity contribution >= 4 is 11.8 Å². The van der Waals surface area contributed by atoms with Gasteiger partial charge in [0.05, 0.1) is 25.2 Å². The second kappa shape index (κ2) is 4.50. The van der Waals surface area contributed by atoms with Crippen LogP contribution in [-0.2, 0) is 9.59 Å². The minimum Gasteiger partial charge on any atom is -0.394 e. The van der Waals surface area contributed by atoms with E-state index in [4.69, 9.17) is 10.2 Å². The fraction of sp³-hybridized carbons (Fsp3) is 0.750. The molecule has 0 spiro atoms. The van der Waals surface area contributed by atoms with Crippen molar-refractivity contribution < 1.29 is 19.8 Å². The number of hydrogen-bond donors (Lipinski definition) is 3. The summed E-state index contributed by atoms with van der Waals surface area (Å²) in [4.78, 5) is 23.4. The molecular formula is C8H14N2O4. The SMILES string of the molecule is CN1C(=O)CC(NC[C@H](O)CO)C1=O. The zero-order valence-corrected chi connectivity index (χ0v) is 7.93. The van der Waals surface area contributed by atoms with E-state index in [1.807, 2.05) is 0 Å². The van der Waals surface area contributed by atoms with Crippen molar-refractivity contribution in [3.05, 3.63) is 0 Å². The highest BCUT2D eigenvalue weighted by atomic mass is 16.3. The summed E-state index contributed by atoms with van der Waals surface area (Å²) in [6.45, 7) is -0.258. The maximum Gasteiger partial charge on any atom is 0.246 e. The molecule has 1 aliphatic rings. The quantitative estimate of drug-likeness (QED) is 0.445. The van der Waals surface area contributed by atoms with E-state index in [0.717, 1.165) is 4.90 Å². The molecule has 0 radical (unpaired) electrons. The monoisotopic (exact) mass is 202 g/mol. The van der Waals surface area contributed by atoms with E-state index in [0.29, 0.717) is 0 Å². The van der Waals surface area contributed by atoms with Crippen LogP contribution in [-0.4, -0.2) is 59.3 Å². The number of rotatable bonds is 4. The third-order valence-corrected chi connectivity index (χ3v) is 2.19. The van der Waals surface area contributed by atoms with Crippen molar-refractivity contribution in [3.63, 3.8) is 0 Å². The molecule has 1 heterocycles. The van der Waals surface area contributed by atoms with Gasteiger partial charge in [0, 0.05) is 13.6 Å². The van der Waals surface area contributed by atoms with E-state index in [1.54, 1.807) is 0 Å². The van der Waals surface area contributed by atoms with Crippen LogP contribution in [0.5, 0.6) is 0 Å². The van der Waals surface area contributed by atoms with Gasteiger partial charge < -0.3 is 15.5 Å². The van der Waals surface area contributed by atoms with Crippen molar-refractivity contribution in [2.75, 3.05) is 20.2 Å². The van der Waals surface area contributed by atoms with Gasteiger partial charge in [0.25, 0.3) is 0 Å². The summed E-state index contributed by atoms with van der Waals surface area (Å²) in [6, 6.07) is -0.561. The van der Waals surface area contributed by atoms with E-state index in [-0.39, 0.29) is 31.4 Å². The normalized spacial score (nSPS) is 24.5. The molecule has 1 fully saturated rings. The van der Waals surface area contributed by atoms with Crippen LogP contribution < -0.4 is 5.32 Å². The summed E-state index contributed by atoms with van der Waals surface area (Å²) in [5, 5.41) is 20.3. The Hall–Kier alpha value is -0.980. The Kier molecular flexibility index (Phi) is 3.56. The van der Waals surface area contributed by atoms with Crippen LogP contribution in [0.3, 0.4) is 0 Å². The molecule has 0 aromatic rings. The van der Waals surface area contributed by atoms with Crippen LogP contribution >= 0.6 is 0 Å². The number of nitrogens with one attached hydrogen (secondary N) is 1. The van der Waals surface area contributed by atoms with Crippen LogP contribution in [0.1, 0.15) is 6.42 Å². The molecular weight excluding hydrogens is 188 g/mol. The number of aliphatic hydroxyl groups excluding tert-OH is 2. The maximum absolute atomic E-state index is 11.3. The first-order chi connectivity index (χ1) is 6.56. The zero-order chi connectivity index (χ0) is 10.7. The highest BCUT2D eigenvalue weighted by Gasteiger charge is 2.35. The summed E-state index contributed by atoms with van der Waals surface area (Å²) in [5.74, 6) is -0.522. The van der Waals surface area contributed by atoms with Gasteiger partial charge in [-0.3, -0.25) is 14.5 Å². The van der Waals surface area contributed by atoms with E-state index in [2.05, 4.69) is 5.32 Å². The number of likely N-dealkylation sites (tertiary alicyclic amines) is 1. The molecule has 6 nitrogen and oxygen atoms in total. The molecule has 14 heavy (non-hydrogen) atoms. The first-order valence-corrected chi connectivity index (χ1v) is 4.39. The molecule has 2 amide bonds. The summed E-state index contributed by atoms with van der Waals surface area (Å²) in [6.07, 6.45) is -0.781. The fourth-order valence-corrected chi connectivity index (χ4v) is 1.26. The number of nitrogens with zero attached hydrogens (tertiary/aromatic N) is 1. The van der Waals surface area contributed by atoms with Gasteiger partial charge >= 0.3 is 0 Å². The first kappa shape index (κ1) is 11.1. The lowest BCUT2D eigenvalue weighted by molar-refractivity contribution is -0.137. The maximum atomic E-state index is 11.3. The minimum atomic E-state index is -0.899. The lowest BCUT2D eigenvalue weighted by atomic mass is 10.2. The van der Waals surface area contributed by atoms with Crippen molar-refractivity contribution in [2.45, 2.75) is 18.6 Å². The van der Waals surface area contributed by atoms with Crippen LogP contribution in [0.15, 0.2) is 0 Å². The summed E-state index contributed by atoms with van der Waals surface area (Å²) >= 11 is 0. The standard InChI is InChI=1S/C8H14N2O4/c1-10-7(13)2-6(8(10)14)9-3-5(12)4-11/h5-6,9,11-12H,2-4H2,1H3/t5-,6?/m0/s1. The van der Waals surface area contributed by atoms with Gasteiger partial charge in [0.2, 0.25) is 11.8 Å². The molecule has 0 aromatic carbocycles. The van der Waals surface area contributed by atoms with E-state index in [9.17, 15) is 9.59 Å². The predicted molar refractivity (Wildman–Crippen MR) is 47.3 cm³/mol. The second-order valence-corrected chi connectivity index (χ2v) is 3.29. The Bertz CT molecular complexity index is 243. The molecule has 0 aliphatic carbocycles. The number of amides is 2. The van der Waals surface area contributed by atoms with Gasteiger partial charge in [0.1, 0.15) is 0 Å². The molecule has 1 rings (SSSR count). The molecule has 6 heteroatoms. The Labute approximate surface area is 81.5 Å². The number of carbonyl (C=O) groups is 2. The van der Waals surface area contributed by atoms with Gasteiger partial charge in [-0.25, -0.2) is 0 Å². The van der Waals surface area contributed by atoms with Crippen LogP contribution in [0.4, 0.5) is 0 Å². The van der Waals surface area contributed by atoms with Crippen LogP contribution in [0.2, 0.25) is 0 Å². The summed E-state index contributed by atoms with van der Waals surface area (Å²) in [5.41, 5.74) is 0. The number of aliphatic hydroxyl groups is 2. The second-order valence-electron chi connectivity index (χ2n) is 3.29. The van der Waals surface area contributed by atoms with E-state index >= 15 is 0 Å². The van der Waals surface area contributed by atoms with E-state index in [1.165, 1.54) is 7.05 Å². The molecule has 3 N–H and O–H groups in total. The van der Waals surface area contributed by atoms with Gasteiger partial charge in [-0.2, -0.15) is 0 Å². The largest absolute Gasteiger partial charge is 0.394 e. The molecule has 1 unspecified atom stereocenters. The smallest absolute Gasteiger partial charge is 0.246 e. The fourth-order valence-electron chi connectivity index (χ4n) is 1.26. The number of carbonyl (C=O) groups excluding carboxylic acids is 2. The highest BCUT2D eigenvalue weighted by molar-refractivity contribution is 6.05.